The molecule has 0 bridgehead atoms. The highest BCUT2D eigenvalue weighted by Crippen LogP contribution is 2.18. The number of benzene rings is 1. The maximum absolute atomic E-state index is 5.86. The predicted octanol–water partition coefficient (Wildman–Crippen LogP) is 2.60. The summed E-state index contributed by atoms with van der Waals surface area (Å²) in [5.41, 5.74) is 2.04. The van der Waals surface area contributed by atoms with E-state index in [1.165, 1.54) is 4.20 Å². The van der Waals surface area contributed by atoms with E-state index in [9.17, 15) is 0 Å². The lowest BCUT2D eigenvalue weighted by molar-refractivity contribution is 0.938. The molecule has 2 rings (SSSR count). The summed E-state index contributed by atoms with van der Waals surface area (Å²) in [6.07, 6.45) is 0.917. The normalized spacial score (nSPS) is 10.8. The second-order valence-corrected chi connectivity index (χ2v) is 3.00. The lowest BCUT2D eigenvalue weighted by Gasteiger charge is -1.88. The molecular weight excluding hydrogens is 172 g/mol. The van der Waals surface area contributed by atoms with E-state index in [1.807, 2.05) is 24.3 Å². The van der Waals surface area contributed by atoms with Gasteiger partial charge in [0, 0.05) is 17.2 Å². The van der Waals surface area contributed by atoms with Crippen LogP contribution in [0.25, 0.3) is 10.9 Å². The van der Waals surface area contributed by atoms with Crippen molar-refractivity contribution >= 4 is 22.7 Å². The minimum absolute atomic E-state index is 0.917. The van der Waals surface area contributed by atoms with Crippen molar-refractivity contribution in [2.45, 2.75) is 13.3 Å². The van der Waals surface area contributed by atoms with E-state index in [0.29, 0.717) is 0 Å². The molecule has 12 heavy (non-hydrogen) atoms. The minimum Gasteiger partial charge on any atom is -0.172 e. The molecule has 0 unspecified atom stereocenters. The Morgan fingerprint density at radius 1 is 1.42 bits per heavy atom. The predicted molar refractivity (Wildman–Crippen MR) is 50.4 cm³/mol. The molecular formula is C9H9ClN2. The Bertz CT molecular complexity index is 406. The van der Waals surface area contributed by atoms with Crippen LogP contribution in [0.5, 0.6) is 0 Å². The van der Waals surface area contributed by atoms with Crippen LogP contribution in [-0.4, -0.2) is 9.30 Å². The number of para-hydroxylation sites is 1. The van der Waals surface area contributed by atoms with Crippen LogP contribution in [0.2, 0.25) is 0 Å². The summed E-state index contributed by atoms with van der Waals surface area (Å²) in [5.74, 6) is 0. The smallest absolute Gasteiger partial charge is 0.0874 e. The van der Waals surface area contributed by atoms with Crippen molar-refractivity contribution in [2.75, 3.05) is 0 Å². The number of hydrogen-bond acceptors (Lipinski definition) is 1. The van der Waals surface area contributed by atoms with E-state index in [1.54, 1.807) is 0 Å². The van der Waals surface area contributed by atoms with Crippen LogP contribution in [0.4, 0.5) is 0 Å². The van der Waals surface area contributed by atoms with Gasteiger partial charge in [-0.05, 0) is 12.5 Å². The van der Waals surface area contributed by atoms with Gasteiger partial charge < -0.3 is 0 Å². The van der Waals surface area contributed by atoms with Gasteiger partial charge in [-0.15, -0.1) is 0 Å². The van der Waals surface area contributed by atoms with Crippen LogP contribution in [-0.2, 0) is 6.42 Å². The fraction of sp³-hybridized carbons (Fsp3) is 0.222. The van der Waals surface area contributed by atoms with Crippen molar-refractivity contribution < 1.29 is 0 Å². The van der Waals surface area contributed by atoms with E-state index < -0.39 is 0 Å². The van der Waals surface area contributed by atoms with Crippen LogP contribution < -0.4 is 0 Å². The second-order valence-electron chi connectivity index (χ2n) is 2.68. The first-order valence-corrected chi connectivity index (χ1v) is 4.29. The summed E-state index contributed by atoms with van der Waals surface area (Å²) < 4.78 is 1.41. The standard InChI is InChI=1S/C9H9ClN2/c1-2-8-7-5-3-4-6-9(7)12(10)11-8/h3-6H,2H2,1H3. The molecule has 0 fully saturated rings. The lowest BCUT2D eigenvalue weighted by atomic mass is 10.2. The van der Waals surface area contributed by atoms with Crippen LogP contribution in [0, 0.1) is 0 Å². The highest BCUT2D eigenvalue weighted by atomic mass is 35.5. The van der Waals surface area contributed by atoms with Crippen molar-refractivity contribution in [3.63, 3.8) is 0 Å². The molecule has 2 aromatic rings. The summed E-state index contributed by atoms with van der Waals surface area (Å²) in [6, 6.07) is 7.97. The molecule has 0 aliphatic rings. The molecule has 62 valence electrons. The fourth-order valence-electron chi connectivity index (χ4n) is 1.35. The minimum atomic E-state index is 0.917. The molecule has 0 saturated heterocycles. The summed E-state index contributed by atoms with van der Waals surface area (Å²) >= 11 is 5.86. The molecule has 3 heteroatoms. The highest BCUT2D eigenvalue weighted by molar-refractivity contribution is 6.18. The van der Waals surface area contributed by atoms with Gasteiger partial charge in [0.1, 0.15) is 0 Å². The average molecular weight is 181 g/mol. The summed E-state index contributed by atoms with van der Waals surface area (Å²) in [7, 11) is 0. The van der Waals surface area contributed by atoms with Crippen LogP contribution in [0.1, 0.15) is 12.6 Å². The van der Waals surface area contributed by atoms with E-state index >= 15 is 0 Å². The molecule has 0 atom stereocenters. The molecule has 0 amide bonds. The third-order valence-electron chi connectivity index (χ3n) is 1.96. The Balaban J connectivity index is 2.82. The molecule has 0 aliphatic carbocycles. The Hall–Kier alpha value is -1.02. The van der Waals surface area contributed by atoms with Gasteiger partial charge in [0.05, 0.1) is 11.2 Å². The van der Waals surface area contributed by atoms with Crippen LogP contribution in [0.15, 0.2) is 24.3 Å². The maximum atomic E-state index is 5.86. The number of aromatic nitrogens is 2. The van der Waals surface area contributed by atoms with Crippen molar-refractivity contribution in [3.05, 3.63) is 30.0 Å². The van der Waals surface area contributed by atoms with Gasteiger partial charge in [0.15, 0.2) is 0 Å². The molecule has 0 saturated carbocycles. The third kappa shape index (κ3) is 0.994. The van der Waals surface area contributed by atoms with Crippen molar-refractivity contribution in [1.82, 2.24) is 9.30 Å². The highest BCUT2D eigenvalue weighted by Gasteiger charge is 2.05. The van der Waals surface area contributed by atoms with Gasteiger partial charge in [-0.25, -0.2) is 0 Å². The SMILES string of the molecule is CCc1nn(Cl)c2ccccc12. The number of fused-ring (bicyclic) bond motifs is 1. The number of hydrogen-bond donors (Lipinski definition) is 0. The van der Waals surface area contributed by atoms with Gasteiger partial charge >= 0.3 is 0 Å². The molecule has 0 radical (unpaired) electrons. The Morgan fingerprint density at radius 3 is 2.92 bits per heavy atom. The van der Waals surface area contributed by atoms with Gasteiger partial charge in [-0.1, -0.05) is 25.1 Å². The first-order valence-electron chi connectivity index (χ1n) is 3.95. The number of rotatable bonds is 1. The zero-order chi connectivity index (χ0) is 8.55. The molecule has 0 spiro atoms. The van der Waals surface area contributed by atoms with Gasteiger partial charge in [0.2, 0.25) is 0 Å². The average Bonchev–Trinajstić information content (AvgIpc) is 2.44. The molecule has 1 aromatic carbocycles. The van der Waals surface area contributed by atoms with E-state index in [2.05, 4.69) is 12.0 Å². The number of halogens is 1. The molecule has 0 aliphatic heterocycles. The second kappa shape index (κ2) is 2.79. The Morgan fingerprint density at radius 2 is 2.17 bits per heavy atom. The van der Waals surface area contributed by atoms with Crippen molar-refractivity contribution in [1.29, 1.82) is 0 Å². The van der Waals surface area contributed by atoms with E-state index in [0.717, 1.165) is 23.0 Å². The number of aryl methyl sites for hydroxylation is 1. The topological polar surface area (TPSA) is 17.8 Å². The Kier molecular flexibility index (Phi) is 1.77. The number of nitrogens with zero attached hydrogens (tertiary/aromatic N) is 2. The third-order valence-corrected chi connectivity index (χ3v) is 2.21. The van der Waals surface area contributed by atoms with E-state index in [-0.39, 0.29) is 0 Å². The monoisotopic (exact) mass is 180 g/mol. The summed E-state index contributed by atoms with van der Waals surface area (Å²) in [6.45, 7) is 2.08. The zero-order valence-corrected chi connectivity index (χ0v) is 7.54. The summed E-state index contributed by atoms with van der Waals surface area (Å²) in [4.78, 5) is 0. The maximum Gasteiger partial charge on any atom is 0.0874 e. The zero-order valence-electron chi connectivity index (χ0n) is 6.79. The van der Waals surface area contributed by atoms with E-state index in [4.69, 9.17) is 11.8 Å². The molecule has 1 aromatic heterocycles. The first kappa shape index (κ1) is 7.62. The molecule has 0 N–H and O–H groups in total. The van der Waals surface area contributed by atoms with Crippen molar-refractivity contribution in [3.8, 4) is 0 Å². The van der Waals surface area contributed by atoms with Gasteiger partial charge in [0.25, 0.3) is 0 Å². The fourth-order valence-corrected chi connectivity index (χ4v) is 1.59. The quantitative estimate of drug-likeness (QED) is 0.660. The van der Waals surface area contributed by atoms with Gasteiger partial charge in [-0.3, -0.25) is 0 Å². The molecule has 2 nitrogen and oxygen atoms in total. The first-order chi connectivity index (χ1) is 5.83. The van der Waals surface area contributed by atoms with Crippen molar-refractivity contribution in [2.24, 2.45) is 0 Å². The lowest BCUT2D eigenvalue weighted by Crippen LogP contribution is -1.83. The molecule has 1 heterocycles. The van der Waals surface area contributed by atoms with Gasteiger partial charge in [-0.2, -0.15) is 9.30 Å². The van der Waals surface area contributed by atoms with Crippen LogP contribution >= 0.6 is 11.8 Å². The Labute approximate surface area is 75.9 Å². The van der Waals surface area contributed by atoms with Crippen LogP contribution in [0.3, 0.4) is 0 Å². The largest absolute Gasteiger partial charge is 0.172 e. The summed E-state index contributed by atoms with van der Waals surface area (Å²) in [5, 5.41) is 5.34.